The quantitative estimate of drug-likeness (QED) is 0.166. The molecule has 3 heterocycles. The highest BCUT2D eigenvalue weighted by Gasteiger charge is 2.32. The monoisotopic (exact) mass is 632 g/mol. The van der Waals surface area contributed by atoms with Crippen molar-refractivity contribution in [3.8, 4) is 17.0 Å². The van der Waals surface area contributed by atoms with Gasteiger partial charge >= 0.3 is 6.18 Å². The predicted molar refractivity (Wildman–Crippen MR) is 172 cm³/mol. The van der Waals surface area contributed by atoms with E-state index in [2.05, 4.69) is 30.7 Å². The second-order valence-corrected chi connectivity index (χ2v) is 13.9. The Morgan fingerprint density at radius 1 is 1.00 bits per heavy atom. The molecule has 5 aromatic rings. The summed E-state index contributed by atoms with van der Waals surface area (Å²) in [5, 5.41) is 0.954. The summed E-state index contributed by atoms with van der Waals surface area (Å²) in [5.41, 5.74) is 10.8. The molecule has 2 N–H and O–H groups in total. The number of fused-ring (bicyclic) bond motifs is 1. The first kappa shape index (κ1) is 32.1. The highest BCUT2D eigenvalue weighted by Crippen LogP contribution is 2.45. The number of carbonyl (C=O) groups is 1. The molecule has 0 saturated heterocycles. The zero-order valence-electron chi connectivity index (χ0n) is 25.8. The van der Waals surface area contributed by atoms with Crippen LogP contribution in [0.2, 0.25) is 0 Å². The molecule has 1 atom stereocenters. The number of ether oxygens (including phenoxy) is 1. The Balaban J connectivity index is 1.51. The van der Waals surface area contributed by atoms with Gasteiger partial charge in [-0.05, 0) is 66.9 Å². The number of rotatable bonds is 9. The van der Waals surface area contributed by atoms with Gasteiger partial charge < -0.3 is 15.0 Å². The number of alkyl halides is 3. The van der Waals surface area contributed by atoms with Gasteiger partial charge in [0.25, 0.3) is 0 Å². The van der Waals surface area contributed by atoms with Crippen LogP contribution in [0.4, 0.5) is 13.2 Å². The fourth-order valence-electron chi connectivity index (χ4n) is 5.20. The third-order valence-corrected chi connectivity index (χ3v) is 8.61. The molecule has 234 valence electrons. The van der Waals surface area contributed by atoms with Crippen molar-refractivity contribution in [2.45, 2.75) is 62.5 Å². The van der Waals surface area contributed by atoms with E-state index < -0.39 is 23.6 Å². The van der Waals surface area contributed by atoms with Crippen molar-refractivity contribution in [2.75, 3.05) is 0 Å². The summed E-state index contributed by atoms with van der Waals surface area (Å²) in [7, 11) is 1.93. The Kier molecular flexibility index (Phi) is 8.98. The summed E-state index contributed by atoms with van der Waals surface area (Å²) < 4.78 is 47.1. The molecule has 0 aliphatic carbocycles. The van der Waals surface area contributed by atoms with Crippen LogP contribution in [0.5, 0.6) is 5.75 Å². The van der Waals surface area contributed by atoms with Gasteiger partial charge in [0.05, 0.1) is 22.9 Å². The van der Waals surface area contributed by atoms with Crippen LogP contribution in [0.1, 0.15) is 54.8 Å². The number of primary amides is 1. The minimum Gasteiger partial charge on any atom is -0.487 e. The SMILES string of the molecule is Cc1ccc(COc2ccc3c(c2)c(SC(C)(C)C)c(C(Cc2cccc(-c4ccc(C(F)(F)F)cn4)c2)C(N)=O)n3C)nc1. The van der Waals surface area contributed by atoms with E-state index in [-0.39, 0.29) is 4.75 Å². The lowest BCUT2D eigenvalue weighted by molar-refractivity contribution is -0.137. The molecule has 6 nitrogen and oxygen atoms in total. The largest absolute Gasteiger partial charge is 0.487 e. The molecule has 45 heavy (non-hydrogen) atoms. The Bertz CT molecular complexity index is 1830. The van der Waals surface area contributed by atoms with Crippen LogP contribution in [0.15, 0.2) is 84.0 Å². The number of nitrogens with two attached hydrogens (primary N) is 1. The summed E-state index contributed by atoms with van der Waals surface area (Å²) in [5.74, 6) is -0.467. The number of carbonyl (C=O) groups excluding carboxylic acids is 1. The lowest BCUT2D eigenvalue weighted by atomic mass is 9.93. The van der Waals surface area contributed by atoms with E-state index in [1.807, 2.05) is 67.2 Å². The average Bonchev–Trinajstić information content (AvgIpc) is 3.24. The molecule has 1 amide bonds. The first-order valence-electron chi connectivity index (χ1n) is 14.5. The Morgan fingerprint density at radius 3 is 2.40 bits per heavy atom. The van der Waals surface area contributed by atoms with E-state index in [0.29, 0.717) is 30.0 Å². The second kappa shape index (κ2) is 12.6. The molecule has 0 fully saturated rings. The van der Waals surface area contributed by atoms with Crippen molar-refractivity contribution in [1.82, 2.24) is 14.5 Å². The number of aromatic nitrogens is 3. The molecular formula is C35H35F3N4O2S. The molecule has 0 aliphatic heterocycles. The van der Waals surface area contributed by atoms with Crippen molar-refractivity contribution in [1.29, 1.82) is 0 Å². The maximum Gasteiger partial charge on any atom is 0.417 e. The van der Waals surface area contributed by atoms with E-state index in [1.54, 1.807) is 23.9 Å². The van der Waals surface area contributed by atoms with E-state index in [9.17, 15) is 18.0 Å². The smallest absolute Gasteiger partial charge is 0.417 e. The van der Waals surface area contributed by atoms with Gasteiger partial charge in [-0.1, -0.05) is 45.0 Å². The van der Waals surface area contributed by atoms with E-state index in [0.717, 1.165) is 50.6 Å². The topological polar surface area (TPSA) is 83.0 Å². The molecule has 0 radical (unpaired) electrons. The zero-order chi connectivity index (χ0) is 32.5. The Labute approximate surface area is 264 Å². The molecule has 0 spiro atoms. The molecule has 0 saturated carbocycles. The number of halogens is 3. The van der Waals surface area contributed by atoms with Crippen LogP contribution in [0.3, 0.4) is 0 Å². The molecule has 0 aliphatic rings. The number of hydrogen-bond acceptors (Lipinski definition) is 5. The number of thioether (sulfide) groups is 1. The van der Waals surface area contributed by atoms with Crippen LogP contribution < -0.4 is 10.5 Å². The molecule has 5 rings (SSSR count). The van der Waals surface area contributed by atoms with Crippen molar-refractivity contribution in [3.63, 3.8) is 0 Å². The maximum absolute atomic E-state index is 13.1. The number of nitrogens with zero attached hydrogens (tertiary/aromatic N) is 3. The van der Waals surface area contributed by atoms with Crippen LogP contribution in [0.25, 0.3) is 22.2 Å². The summed E-state index contributed by atoms with van der Waals surface area (Å²) in [6.45, 7) is 8.65. The second-order valence-electron chi connectivity index (χ2n) is 12.1. The van der Waals surface area contributed by atoms with Crippen molar-refractivity contribution < 1.29 is 22.7 Å². The van der Waals surface area contributed by atoms with Crippen LogP contribution in [-0.2, 0) is 31.0 Å². The van der Waals surface area contributed by atoms with Crippen LogP contribution in [-0.4, -0.2) is 25.2 Å². The third kappa shape index (κ3) is 7.50. The van der Waals surface area contributed by atoms with E-state index >= 15 is 0 Å². The predicted octanol–water partition coefficient (Wildman–Crippen LogP) is 8.24. The fourth-order valence-corrected chi connectivity index (χ4v) is 6.47. The van der Waals surface area contributed by atoms with Gasteiger partial charge in [-0.25, -0.2) is 0 Å². The number of pyridine rings is 2. The van der Waals surface area contributed by atoms with Gasteiger partial charge in [0.1, 0.15) is 12.4 Å². The van der Waals surface area contributed by atoms with Crippen molar-refractivity contribution in [3.05, 3.63) is 107 Å². The molecule has 2 aromatic carbocycles. The number of aryl methyl sites for hydroxylation is 2. The first-order valence-corrected chi connectivity index (χ1v) is 15.3. The van der Waals surface area contributed by atoms with E-state index in [4.69, 9.17) is 10.5 Å². The van der Waals surface area contributed by atoms with Crippen LogP contribution >= 0.6 is 11.8 Å². The minimum absolute atomic E-state index is 0.178. The molecule has 1 unspecified atom stereocenters. The molecule has 3 aromatic heterocycles. The van der Waals surface area contributed by atoms with Gasteiger partial charge in [-0.15, -0.1) is 11.8 Å². The summed E-state index contributed by atoms with van der Waals surface area (Å²) in [4.78, 5) is 22.5. The normalized spacial score (nSPS) is 12.8. The Hall–Kier alpha value is -4.31. The van der Waals surface area contributed by atoms with Crippen LogP contribution in [0, 0.1) is 6.92 Å². The Morgan fingerprint density at radius 2 is 1.78 bits per heavy atom. The molecular weight excluding hydrogens is 597 g/mol. The highest BCUT2D eigenvalue weighted by atomic mass is 32.2. The minimum atomic E-state index is -4.46. The van der Waals surface area contributed by atoms with Gasteiger partial charge in [-0.3, -0.25) is 14.8 Å². The number of amides is 1. The van der Waals surface area contributed by atoms with Crippen molar-refractivity contribution in [2.24, 2.45) is 12.8 Å². The summed E-state index contributed by atoms with van der Waals surface area (Å²) in [6.07, 6.45) is -1.53. The number of benzene rings is 2. The van der Waals surface area contributed by atoms with Gasteiger partial charge in [0, 0.05) is 51.2 Å². The van der Waals surface area contributed by atoms with Gasteiger partial charge in [0.15, 0.2) is 0 Å². The standard InChI is InChI=1S/C35H35F3N4O2S/c1-21-9-11-25(40-18-21)20-44-26-12-14-30-27(17-26)32(45-34(2,3)4)31(42(30)5)28(33(39)43)16-22-7-6-8-23(15-22)29-13-10-24(19-41-29)35(36,37)38/h6-15,17-19,28H,16,20H2,1-5H3,(H2,39,43). The third-order valence-electron chi connectivity index (χ3n) is 7.36. The fraction of sp³-hybridized carbons (Fsp3) is 0.286. The zero-order valence-corrected chi connectivity index (χ0v) is 26.6. The summed E-state index contributed by atoms with van der Waals surface area (Å²) >= 11 is 1.66. The highest BCUT2D eigenvalue weighted by molar-refractivity contribution is 8.00. The lowest BCUT2D eigenvalue weighted by Crippen LogP contribution is -2.26. The van der Waals surface area contributed by atoms with Gasteiger partial charge in [0.2, 0.25) is 5.91 Å². The first-order chi connectivity index (χ1) is 21.2. The average molecular weight is 633 g/mol. The maximum atomic E-state index is 13.1. The molecule has 0 bridgehead atoms. The molecule has 10 heteroatoms. The lowest BCUT2D eigenvalue weighted by Gasteiger charge is -2.22. The number of hydrogen-bond donors (Lipinski definition) is 1. The van der Waals surface area contributed by atoms with E-state index in [1.165, 1.54) is 6.07 Å². The summed E-state index contributed by atoms with van der Waals surface area (Å²) in [6, 6.07) is 19.5. The van der Waals surface area contributed by atoms with Gasteiger partial charge in [-0.2, -0.15) is 13.2 Å². The van der Waals surface area contributed by atoms with Crippen molar-refractivity contribution >= 4 is 28.6 Å².